The molecule has 18 heavy (non-hydrogen) atoms. The molecule has 2 atom stereocenters. The van der Waals surface area contributed by atoms with Gasteiger partial charge >= 0.3 is 5.97 Å². The fourth-order valence-electron chi connectivity index (χ4n) is 2.35. The van der Waals surface area contributed by atoms with E-state index >= 15 is 0 Å². The van der Waals surface area contributed by atoms with E-state index in [9.17, 15) is 9.59 Å². The van der Waals surface area contributed by atoms with Crippen LogP contribution in [0.2, 0.25) is 0 Å². The second kappa shape index (κ2) is 5.90. The fraction of sp³-hybridized carbons (Fsp3) is 0.818. The Morgan fingerprint density at radius 1 is 1.39 bits per heavy atom. The Morgan fingerprint density at radius 2 is 2.06 bits per heavy atom. The molecule has 0 saturated carbocycles. The van der Waals surface area contributed by atoms with E-state index in [4.69, 9.17) is 5.11 Å². The molecule has 0 aromatic rings. The molecule has 1 amide bonds. The predicted molar refractivity (Wildman–Crippen MR) is 69.5 cm³/mol. The second-order valence-electron chi connectivity index (χ2n) is 4.61. The molecule has 2 unspecified atom stereocenters. The summed E-state index contributed by atoms with van der Waals surface area (Å²) >= 11 is 1.53. The Kier molecular flexibility index (Phi) is 4.47. The second-order valence-corrected chi connectivity index (χ2v) is 5.96. The van der Waals surface area contributed by atoms with Gasteiger partial charge in [-0.1, -0.05) is 0 Å². The molecule has 2 rings (SSSR count). The summed E-state index contributed by atoms with van der Waals surface area (Å²) in [6, 6.07) is -0.666. The third-order valence-electron chi connectivity index (χ3n) is 3.36. The van der Waals surface area contributed by atoms with Crippen molar-refractivity contribution in [2.75, 3.05) is 38.5 Å². The first-order valence-corrected chi connectivity index (χ1v) is 7.23. The smallest absolute Gasteiger partial charge is 0.327 e. The molecule has 2 N–H and O–H groups in total. The molecule has 0 aromatic heterocycles. The molecule has 6 nitrogen and oxygen atoms in total. The van der Waals surface area contributed by atoms with Crippen LogP contribution in [0.25, 0.3) is 0 Å². The van der Waals surface area contributed by atoms with Crippen molar-refractivity contribution in [3.63, 3.8) is 0 Å². The number of aliphatic carboxylic acids is 1. The molecule has 2 heterocycles. The molecule has 7 heteroatoms. The molecule has 2 saturated heterocycles. The minimum atomic E-state index is -0.902. The minimum Gasteiger partial charge on any atom is -0.480 e. The number of nitrogens with zero attached hydrogens (tertiary/aromatic N) is 2. The maximum atomic E-state index is 12.2. The number of nitrogens with one attached hydrogen (secondary N) is 1. The maximum absolute atomic E-state index is 12.2. The van der Waals surface area contributed by atoms with Crippen LogP contribution in [0.3, 0.4) is 0 Å². The van der Waals surface area contributed by atoms with Crippen LogP contribution in [-0.2, 0) is 9.59 Å². The summed E-state index contributed by atoms with van der Waals surface area (Å²) in [7, 11) is 0. The van der Waals surface area contributed by atoms with E-state index in [-0.39, 0.29) is 11.3 Å². The molecule has 0 spiro atoms. The van der Waals surface area contributed by atoms with Crippen molar-refractivity contribution in [3.8, 4) is 0 Å². The van der Waals surface area contributed by atoms with Crippen LogP contribution >= 0.6 is 11.8 Å². The average molecular weight is 273 g/mol. The SMILES string of the molecule is CC1SCC(C(=O)O)N1C(=O)CN1CCNCC1. The van der Waals surface area contributed by atoms with E-state index in [0.29, 0.717) is 12.3 Å². The van der Waals surface area contributed by atoms with Gasteiger partial charge in [0.05, 0.1) is 11.9 Å². The summed E-state index contributed by atoms with van der Waals surface area (Å²) < 4.78 is 0. The number of thioether (sulfide) groups is 1. The van der Waals surface area contributed by atoms with E-state index in [1.807, 2.05) is 6.92 Å². The highest BCUT2D eigenvalue weighted by molar-refractivity contribution is 8.00. The topological polar surface area (TPSA) is 72.9 Å². The Morgan fingerprint density at radius 3 is 2.67 bits per heavy atom. The lowest BCUT2D eigenvalue weighted by Crippen LogP contribution is -2.52. The Labute approximate surface area is 111 Å². The van der Waals surface area contributed by atoms with E-state index in [2.05, 4.69) is 10.2 Å². The maximum Gasteiger partial charge on any atom is 0.327 e. The van der Waals surface area contributed by atoms with Gasteiger partial charge < -0.3 is 15.3 Å². The molecule has 2 aliphatic heterocycles. The lowest BCUT2D eigenvalue weighted by molar-refractivity contribution is -0.149. The van der Waals surface area contributed by atoms with Crippen LogP contribution in [0.1, 0.15) is 6.92 Å². The third-order valence-corrected chi connectivity index (χ3v) is 4.58. The normalized spacial score (nSPS) is 29.5. The Bertz CT molecular complexity index is 333. The van der Waals surface area contributed by atoms with Crippen molar-refractivity contribution >= 4 is 23.6 Å². The average Bonchev–Trinajstić information content (AvgIpc) is 2.72. The van der Waals surface area contributed by atoms with Crippen LogP contribution in [-0.4, -0.2) is 76.7 Å². The fourth-order valence-corrected chi connectivity index (χ4v) is 3.54. The summed E-state index contributed by atoms with van der Waals surface area (Å²) in [5, 5.41) is 12.3. The molecule has 2 fully saturated rings. The summed E-state index contributed by atoms with van der Waals surface area (Å²) in [5.74, 6) is -0.480. The number of hydrogen-bond donors (Lipinski definition) is 2. The standard InChI is InChI=1S/C11H19N3O3S/c1-8-14(9(7-18-8)11(16)17)10(15)6-13-4-2-12-3-5-13/h8-9,12H,2-7H2,1H3,(H,16,17). The molecule has 0 bridgehead atoms. The highest BCUT2D eigenvalue weighted by atomic mass is 32.2. The number of carbonyl (C=O) groups excluding carboxylic acids is 1. The zero-order valence-electron chi connectivity index (χ0n) is 10.5. The third kappa shape index (κ3) is 2.96. The highest BCUT2D eigenvalue weighted by Gasteiger charge is 2.39. The number of rotatable bonds is 3. The van der Waals surface area contributed by atoms with E-state index < -0.39 is 12.0 Å². The van der Waals surface area contributed by atoms with Gasteiger partial charge in [-0.05, 0) is 6.92 Å². The van der Waals surface area contributed by atoms with Crippen molar-refractivity contribution in [2.45, 2.75) is 18.3 Å². The number of carboxylic acids is 1. The molecule has 0 aromatic carbocycles. The number of amides is 1. The van der Waals surface area contributed by atoms with Crippen molar-refractivity contribution < 1.29 is 14.7 Å². The predicted octanol–water partition coefficient (Wildman–Crippen LogP) is -0.734. The van der Waals surface area contributed by atoms with Gasteiger partial charge in [0.2, 0.25) is 5.91 Å². The molecule has 2 aliphatic rings. The van der Waals surface area contributed by atoms with Gasteiger partial charge in [-0.25, -0.2) is 4.79 Å². The molecular weight excluding hydrogens is 254 g/mol. The summed E-state index contributed by atoms with van der Waals surface area (Å²) in [6.45, 7) is 5.69. The number of carboxylic acid groups (broad SMARTS) is 1. The lowest BCUT2D eigenvalue weighted by atomic mass is 10.2. The number of carbonyl (C=O) groups is 2. The summed E-state index contributed by atoms with van der Waals surface area (Å²) in [4.78, 5) is 26.9. The van der Waals surface area contributed by atoms with Gasteiger partial charge in [-0.2, -0.15) is 0 Å². The molecule has 0 aliphatic carbocycles. The Balaban J connectivity index is 1.95. The first-order valence-electron chi connectivity index (χ1n) is 6.18. The highest BCUT2D eigenvalue weighted by Crippen LogP contribution is 2.28. The first kappa shape index (κ1) is 13.6. The van der Waals surface area contributed by atoms with Gasteiger partial charge in [-0.15, -0.1) is 11.8 Å². The lowest BCUT2D eigenvalue weighted by Gasteiger charge is -2.31. The summed E-state index contributed by atoms with van der Waals surface area (Å²) in [5.41, 5.74) is 0. The van der Waals surface area contributed by atoms with Crippen molar-refractivity contribution in [1.29, 1.82) is 0 Å². The van der Waals surface area contributed by atoms with Crippen molar-refractivity contribution in [2.24, 2.45) is 0 Å². The quantitative estimate of drug-likeness (QED) is 0.706. The zero-order valence-corrected chi connectivity index (χ0v) is 11.3. The minimum absolute atomic E-state index is 0.0403. The van der Waals surface area contributed by atoms with Gasteiger partial charge in [0, 0.05) is 31.9 Å². The molecular formula is C11H19N3O3S. The van der Waals surface area contributed by atoms with Crippen LogP contribution < -0.4 is 5.32 Å². The monoisotopic (exact) mass is 273 g/mol. The zero-order chi connectivity index (χ0) is 13.1. The van der Waals surface area contributed by atoms with E-state index in [1.54, 1.807) is 0 Å². The first-order chi connectivity index (χ1) is 8.59. The number of piperazine rings is 1. The summed E-state index contributed by atoms with van der Waals surface area (Å²) in [6.07, 6.45) is 0. The molecule has 0 radical (unpaired) electrons. The van der Waals surface area contributed by atoms with Gasteiger partial charge in [-0.3, -0.25) is 9.69 Å². The van der Waals surface area contributed by atoms with Crippen LogP contribution in [0.5, 0.6) is 0 Å². The van der Waals surface area contributed by atoms with Gasteiger partial charge in [0.1, 0.15) is 6.04 Å². The molecule has 102 valence electrons. The van der Waals surface area contributed by atoms with Gasteiger partial charge in [0.15, 0.2) is 0 Å². The Hall–Kier alpha value is -0.790. The van der Waals surface area contributed by atoms with E-state index in [0.717, 1.165) is 26.2 Å². The van der Waals surface area contributed by atoms with Crippen LogP contribution in [0.4, 0.5) is 0 Å². The van der Waals surface area contributed by atoms with Gasteiger partial charge in [0.25, 0.3) is 0 Å². The number of hydrogen-bond acceptors (Lipinski definition) is 5. The van der Waals surface area contributed by atoms with E-state index in [1.165, 1.54) is 16.7 Å². The largest absolute Gasteiger partial charge is 0.480 e. The van der Waals surface area contributed by atoms with Crippen molar-refractivity contribution in [1.82, 2.24) is 15.1 Å². The van der Waals surface area contributed by atoms with Crippen LogP contribution in [0, 0.1) is 0 Å². The van der Waals surface area contributed by atoms with Crippen LogP contribution in [0.15, 0.2) is 0 Å². The van der Waals surface area contributed by atoms with Crippen molar-refractivity contribution in [3.05, 3.63) is 0 Å².